The third-order valence-corrected chi connectivity index (χ3v) is 5.96. The molecule has 0 spiro atoms. The Balaban J connectivity index is 2.35. The van der Waals surface area contributed by atoms with Crippen LogP contribution >= 0.6 is 11.6 Å². The molecule has 1 heterocycles. The van der Waals surface area contributed by atoms with Crippen molar-refractivity contribution in [3.8, 4) is 0 Å². The van der Waals surface area contributed by atoms with Crippen LogP contribution in [-0.2, 0) is 19.6 Å². The molecule has 1 amide bonds. The van der Waals surface area contributed by atoms with Gasteiger partial charge in [-0.3, -0.25) is 4.79 Å². The van der Waals surface area contributed by atoms with Gasteiger partial charge >= 0.3 is 0 Å². The second-order valence-electron chi connectivity index (χ2n) is 5.37. The Kier molecular flexibility index (Phi) is 6.41. The molecule has 1 aliphatic rings. The van der Waals surface area contributed by atoms with Crippen LogP contribution < -0.4 is 5.32 Å². The molecule has 1 aromatic carbocycles. The highest BCUT2D eigenvalue weighted by molar-refractivity contribution is 7.89. The zero-order valence-electron chi connectivity index (χ0n) is 13.0. The van der Waals surface area contributed by atoms with Crippen LogP contribution in [0.15, 0.2) is 29.2 Å². The largest absolute Gasteiger partial charge is 0.383 e. The zero-order chi connectivity index (χ0) is 16.9. The quantitative estimate of drug-likeness (QED) is 0.836. The molecule has 1 saturated heterocycles. The fraction of sp³-hybridized carbons (Fsp3) is 0.533. The van der Waals surface area contributed by atoms with E-state index in [0.29, 0.717) is 18.0 Å². The van der Waals surface area contributed by atoms with Crippen molar-refractivity contribution < 1.29 is 17.9 Å². The molecule has 128 valence electrons. The number of nitrogens with one attached hydrogen (secondary N) is 1. The summed E-state index contributed by atoms with van der Waals surface area (Å²) < 4.78 is 32.2. The normalized spacial score (nSPS) is 19.4. The Morgan fingerprint density at radius 3 is 2.65 bits per heavy atom. The summed E-state index contributed by atoms with van der Waals surface area (Å²) >= 11 is 5.83. The van der Waals surface area contributed by atoms with Crippen LogP contribution in [0.2, 0.25) is 5.02 Å². The molecular weight excluding hydrogens is 340 g/mol. The monoisotopic (exact) mass is 360 g/mol. The van der Waals surface area contributed by atoms with E-state index in [1.54, 1.807) is 0 Å². The van der Waals surface area contributed by atoms with E-state index in [9.17, 15) is 13.2 Å². The standard InChI is InChI=1S/C15H21ClN2O4S/c1-22-11-10-18(14-4-2-3-9-17-15(14)19)23(20,21)13-7-5-12(16)6-8-13/h5-8,14H,2-4,9-11H2,1H3,(H,17,19)/t14-/m1/s1. The molecule has 0 radical (unpaired) electrons. The van der Waals surface area contributed by atoms with E-state index in [1.165, 1.54) is 35.7 Å². The van der Waals surface area contributed by atoms with E-state index in [4.69, 9.17) is 16.3 Å². The lowest BCUT2D eigenvalue weighted by Gasteiger charge is -2.28. The molecule has 1 aromatic rings. The number of amides is 1. The van der Waals surface area contributed by atoms with Crippen LogP contribution in [0.4, 0.5) is 0 Å². The Bertz CT molecular complexity index is 633. The van der Waals surface area contributed by atoms with E-state index < -0.39 is 16.1 Å². The number of methoxy groups -OCH3 is 1. The lowest BCUT2D eigenvalue weighted by atomic mass is 10.1. The lowest BCUT2D eigenvalue weighted by molar-refractivity contribution is -0.124. The van der Waals surface area contributed by atoms with Gasteiger partial charge in [-0.1, -0.05) is 11.6 Å². The summed E-state index contributed by atoms with van der Waals surface area (Å²) in [5, 5.41) is 3.24. The fourth-order valence-corrected chi connectivity index (χ4v) is 4.29. The van der Waals surface area contributed by atoms with Crippen molar-refractivity contribution in [3.63, 3.8) is 0 Å². The molecule has 0 aliphatic carbocycles. The van der Waals surface area contributed by atoms with Gasteiger partial charge in [0.15, 0.2) is 0 Å². The Morgan fingerprint density at radius 1 is 1.30 bits per heavy atom. The first-order chi connectivity index (χ1) is 11.0. The van der Waals surface area contributed by atoms with Gasteiger partial charge in [0.25, 0.3) is 0 Å². The van der Waals surface area contributed by atoms with Crippen molar-refractivity contribution in [1.82, 2.24) is 9.62 Å². The molecule has 1 N–H and O–H groups in total. The predicted octanol–water partition coefficient (Wildman–Crippen LogP) is 1.65. The van der Waals surface area contributed by atoms with E-state index >= 15 is 0 Å². The van der Waals surface area contributed by atoms with Crippen LogP contribution in [0.5, 0.6) is 0 Å². The van der Waals surface area contributed by atoms with Gasteiger partial charge in [0, 0.05) is 25.2 Å². The van der Waals surface area contributed by atoms with Crippen molar-refractivity contribution in [1.29, 1.82) is 0 Å². The number of hydrogen-bond donors (Lipinski definition) is 1. The first kappa shape index (κ1) is 18.2. The zero-order valence-corrected chi connectivity index (χ0v) is 14.6. The third kappa shape index (κ3) is 4.44. The van der Waals surface area contributed by atoms with Crippen LogP contribution in [0.1, 0.15) is 19.3 Å². The summed E-state index contributed by atoms with van der Waals surface area (Å²) in [5.74, 6) is -0.254. The highest BCUT2D eigenvalue weighted by atomic mass is 35.5. The van der Waals surface area contributed by atoms with Gasteiger partial charge in [-0.25, -0.2) is 8.42 Å². The molecular formula is C15H21ClN2O4S. The van der Waals surface area contributed by atoms with Crippen LogP contribution in [0.25, 0.3) is 0 Å². The van der Waals surface area contributed by atoms with Gasteiger partial charge in [0.2, 0.25) is 15.9 Å². The van der Waals surface area contributed by atoms with E-state index in [0.717, 1.165) is 12.8 Å². The molecule has 0 saturated carbocycles. The van der Waals surface area contributed by atoms with Crippen molar-refractivity contribution in [2.45, 2.75) is 30.2 Å². The predicted molar refractivity (Wildman–Crippen MR) is 87.9 cm³/mol. The number of benzene rings is 1. The molecule has 0 aromatic heterocycles. The number of ether oxygens (including phenoxy) is 1. The molecule has 1 fully saturated rings. The summed E-state index contributed by atoms with van der Waals surface area (Å²) in [6.45, 7) is 0.921. The van der Waals surface area contributed by atoms with Gasteiger partial charge in [-0.15, -0.1) is 0 Å². The number of nitrogens with zero attached hydrogens (tertiary/aromatic N) is 1. The third-order valence-electron chi connectivity index (χ3n) is 3.79. The minimum absolute atomic E-state index is 0.120. The summed E-state index contributed by atoms with van der Waals surface area (Å²) in [5.41, 5.74) is 0. The SMILES string of the molecule is COCCN([C@@H]1CCCCNC1=O)S(=O)(=O)c1ccc(Cl)cc1. The molecule has 6 nitrogen and oxygen atoms in total. The summed E-state index contributed by atoms with van der Waals surface area (Å²) in [7, 11) is -2.30. The fourth-order valence-electron chi connectivity index (χ4n) is 2.56. The maximum absolute atomic E-state index is 13.0. The number of carbonyl (C=O) groups excluding carboxylic acids is 1. The van der Waals surface area contributed by atoms with Crippen LogP contribution in [-0.4, -0.2) is 51.5 Å². The average molecular weight is 361 g/mol. The molecule has 0 bridgehead atoms. The minimum Gasteiger partial charge on any atom is -0.383 e. The Labute approximate surface area is 141 Å². The molecule has 2 rings (SSSR count). The van der Waals surface area contributed by atoms with Crippen molar-refractivity contribution in [2.24, 2.45) is 0 Å². The summed E-state index contributed by atoms with van der Waals surface area (Å²) in [6.07, 6.45) is 2.15. The van der Waals surface area contributed by atoms with Crippen molar-refractivity contribution in [3.05, 3.63) is 29.3 Å². The molecule has 23 heavy (non-hydrogen) atoms. The summed E-state index contributed by atoms with van der Waals surface area (Å²) in [6, 6.07) is 5.23. The van der Waals surface area contributed by atoms with Crippen LogP contribution in [0.3, 0.4) is 0 Å². The molecule has 0 unspecified atom stereocenters. The van der Waals surface area contributed by atoms with Crippen LogP contribution in [0, 0.1) is 0 Å². The lowest BCUT2D eigenvalue weighted by Crippen LogP contribution is -2.49. The molecule has 8 heteroatoms. The minimum atomic E-state index is -3.80. The second kappa shape index (κ2) is 8.10. The van der Waals surface area contributed by atoms with E-state index in [1.807, 2.05) is 0 Å². The molecule has 1 aliphatic heterocycles. The topological polar surface area (TPSA) is 75.7 Å². The first-order valence-electron chi connectivity index (χ1n) is 7.51. The summed E-state index contributed by atoms with van der Waals surface area (Å²) in [4.78, 5) is 12.4. The van der Waals surface area contributed by atoms with Gasteiger partial charge in [0.1, 0.15) is 6.04 Å². The highest BCUT2D eigenvalue weighted by Gasteiger charge is 2.36. The van der Waals surface area contributed by atoms with Gasteiger partial charge < -0.3 is 10.1 Å². The van der Waals surface area contributed by atoms with Gasteiger partial charge in [-0.05, 0) is 43.5 Å². The highest BCUT2D eigenvalue weighted by Crippen LogP contribution is 2.23. The number of hydrogen-bond acceptors (Lipinski definition) is 4. The van der Waals surface area contributed by atoms with E-state index in [2.05, 4.69) is 5.32 Å². The number of sulfonamides is 1. The number of halogens is 1. The molecule has 1 atom stereocenters. The number of rotatable bonds is 6. The van der Waals surface area contributed by atoms with E-state index in [-0.39, 0.29) is 24.0 Å². The van der Waals surface area contributed by atoms with Gasteiger partial charge in [0.05, 0.1) is 11.5 Å². The average Bonchev–Trinajstić information content (AvgIpc) is 2.73. The van der Waals surface area contributed by atoms with Gasteiger partial charge in [-0.2, -0.15) is 4.31 Å². The second-order valence-corrected chi connectivity index (χ2v) is 7.69. The Hall–Kier alpha value is -1.15. The first-order valence-corrected chi connectivity index (χ1v) is 9.32. The van der Waals surface area contributed by atoms with Crippen molar-refractivity contribution >= 4 is 27.5 Å². The maximum Gasteiger partial charge on any atom is 0.243 e. The maximum atomic E-state index is 13.0. The number of carbonyl (C=O) groups is 1. The Morgan fingerprint density at radius 2 is 2.00 bits per heavy atom. The van der Waals surface area contributed by atoms with Crippen molar-refractivity contribution in [2.75, 3.05) is 26.8 Å². The smallest absolute Gasteiger partial charge is 0.243 e.